The largest absolute Gasteiger partial charge is 0.491 e. The Morgan fingerprint density at radius 1 is 1.23 bits per heavy atom. The van der Waals surface area contributed by atoms with Gasteiger partial charge in [-0.3, -0.25) is 4.79 Å². The fourth-order valence-electron chi connectivity index (χ4n) is 2.45. The molecule has 6 nitrogen and oxygen atoms in total. The third-order valence-electron chi connectivity index (χ3n) is 3.51. The van der Waals surface area contributed by atoms with Crippen LogP contribution < -0.4 is 14.5 Å². The lowest BCUT2D eigenvalue weighted by atomic mass is 10.2. The highest BCUT2D eigenvalue weighted by Crippen LogP contribution is 2.28. The number of benzene rings is 1. The number of amides is 1. The number of para-hydroxylation sites is 1. The summed E-state index contributed by atoms with van der Waals surface area (Å²) in [6.45, 7) is 1.44. The molecule has 0 unspecified atom stereocenters. The molecule has 0 radical (unpaired) electrons. The molecule has 0 aliphatic carbocycles. The first kappa shape index (κ1) is 14.6. The lowest BCUT2D eigenvalue weighted by molar-refractivity contribution is -0.117. The van der Waals surface area contributed by atoms with E-state index in [0.29, 0.717) is 24.7 Å². The first-order chi connectivity index (χ1) is 10.7. The topological polar surface area (TPSA) is 58.6 Å². The Morgan fingerprint density at radius 3 is 2.68 bits per heavy atom. The van der Waals surface area contributed by atoms with Gasteiger partial charge in [0.15, 0.2) is 11.6 Å². The molecule has 114 valence electrons. The van der Waals surface area contributed by atoms with Crippen LogP contribution in [0.3, 0.4) is 0 Å². The molecule has 0 N–H and O–H groups in total. The van der Waals surface area contributed by atoms with Crippen LogP contribution in [0.2, 0.25) is 5.28 Å². The first-order valence-electron chi connectivity index (χ1n) is 6.86. The van der Waals surface area contributed by atoms with Crippen molar-refractivity contribution in [3.63, 3.8) is 0 Å². The van der Waals surface area contributed by atoms with Gasteiger partial charge in [-0.1, -0.05) is 18.2 Å². The molecule has 0 saturated carbocycles. The fourth-order valence-corrected chi connectivity index (χ4v) is 2.58. The quantitative estimate of drug-likeness (QED) is 0.810. The zero-order chi connectivity index (χ0) is 15.5. The SMILES string of the molecule is COc1cnc(Cl)nc1N1CCN(c2ccccc2)C(=O)C1. The zero-order valence-corrected chi connectivity index (χ0v) is 12.8. The van der Waals surface area contributed by atoms with Gasteiger partial charge in [-0.25, -0.2) is 4.98 Å². The standard InChI is InChI=1S/C15H15ClN4O2/c1-22-12-9-17-15(16)18-14(12)19-7-8-20(13(21)10-19)11-5-3-2-4-6-11/h2-6,9H,7-8,10H2,1H3. The third kappa shape index (κ3) is 2.82. The highest BCUT2D eigenvalue weighted by atomic mass is 35.5. The van der Waals surface area contributed by atoms with Crippen LogP contribution in [0.25, 0.3) is 0 Å². The Kier molecular flexibility index (Phi) is 4.11. The molecule has 2 heterocycles. The van der Waals surface area contributed by atoms with E-state index in [1.165, 1.54) is 13.3 Å². The predicted molar refractivity (Wildman–Crippen MR) is 84.6 cm³/mol. The summed E-state index contributed by atoms with van der Waals surface area (Å²) in [5, 5.41) is 0.133. The average Bonchev–Trinajstić information content (AvgIpc) is 2.55. The summed E-state index contributed by atoms with van der Waals surface area (Å²) in [4.78, 5) is 24.1. The van der Waals surface area contributed by atoms with Gasteiger partial charge in [0.1, 0.15) is 0 Å². The number of methoxy groups -OCH3 is 1. The number of rotatable bonds is 3. The predicted octanol–water partition coefficient (Wildman–Crippen LogP) is 1.99. The number of ether oxygens (including phenoxy) is 1. The lowest BCUT2D eigenvalue weighted by Gasteiger charge is -2.35. The van der Waals surface area contributed by atoms with E-state index >= 15 is 0 Å². The molecular formula is C15H15ClN4O2. The summed E-state index contributed by atoms with van der Waals surface area (Å²) >= 11 is 5.85. The van der Waals surface area contributed by atoms with Crippen LogP contribution in [0.5, 0.6) is 5.75 Å². The van der Waals surface area contributed by atoms with E-state index in [2.05, 4.69) is 9.97 Å². The Labute approximate surface area is 133 Å². The number of anilines is 2. The van der Waals surface area contributed by atoms with Gasteiger partial charge in [0, 0.05) is 18.8 Å². The van der Waals surface area contributed by atoms with Gasteiger partial charge in [0.05, 0.1) is 19.9 Å². The molecule has 7 heteroatoms. The second-order valence-corrected chi connectivity index (χ2v) is 5.17. The maximum atomic E-state index is 12.4. The van der Waals surface area contributed by atoms with Crippen molar-refractivity contribution in [1.82, 2.24) is 9.97 Å². The van der Waals surface area contributed by atoms with Crippen LogP contribution in [0, 0.1) is 0 Å². The zero-order valence-electron chi connectivity index (χ0n) is 12.1. The van der Waals surface area contributed by atoms with Crippen LogP contribution >= 0.6 is 11.6 Å². The van der Waals surface area contributed by atoms with Gasteiger partial charge < -0.3 is 14.5 Å². The van der Waals surface area contributed by atoms with E-state index in [0.717, 1.165) is 5.69 Å². The second kappa shape index (κ2) is 6.19. The fraction of sp³-hybridized carbons (Fsp3) is 0.267. The molecular weight excluding hydrogens is 304 g/mol. The van der Waals surface area contributed by atoms with E-state index in [1.807, 2.05) is 35.2 Å². The summed E-state index contributed by atoms with van der Waals surface area (Å²) in [6, 6.07) is 9.62. The molecule has 0 atom stereocenters. The Morgan fingerprint density at radius 2 is 2.00 bits per heavy atom. The Hall–Kier alpha value is -2.34. The number of nitrogens with zero attached hydrogens (tertiary/aromatic N) is 4. The highest BCUT2D eigenvalue weighted by Gasteiger charge is 2.27. The van der Waals surface area contributed by atoms with Gasteiger partial charge in [-0.15, -0.1) is 0 Å². The van der Waals surface area contributed by atoms with E-state index in [9.17, 15) is 4.79 Å². The molecule has 1 aromatic carbocycles. The van der Waals surface area contributed by atoms with Gasteiger partial charge in [-0.2, -0.15) is 4.98 Å². The van der Waals surface area contributed by atoms with Gasteiger partial charge >= 0.3 is 0 Å². The summed E-state index contributed by atoms with van der Waals surface area (Å²) in [5.74, 6) is 1.06. The monoisotopic (exact) mass is 318 g/mol. The molecule has 1 aliphatic heterocycles. The second-order valence-electron chi connectivity index (χ2n) is 4.83. The van der Waals surface area contributed by atoms with Crippen LogP contribution in [-0.2, 0) is 4.79 Å². The average molecular weight is 319 g/mol. The summed E-state index contributed by atoms with van der Waals surface area (Å²) in [7, 11) is 1.54. The molecule has 3 rings (SSSR count). The number of halogens is 1. The Bertz CT molecular complexity index is 680. The number of hydrogen-bond acceptors (Lipinski definition) is 5. The molecule has 1 aliphatic rings. The summed E-state index contributed by atoms with van der Waals surface area (Å²) < 4.78 is 5.25. The van der Waals surface area contributed by atoms with E-state index < -0.39 is 0 Å². The van der Waals surface area contributed by atoms with Crippen molar-refractivity contribution in [3.8, 4) is 5.75 Å². The molecule has 2 aromatic rings. The van der Waals surface area contributed by atoms with Crippen molar-refractivity contribution in [2.24, 2.45) is 0 Å². The van der Waals surface area contributed by atoms with Crippen molar-refractivity contribution in [2.75, 3.05) is 36.5 Å². The van der Waals surface area contributed by atoms with Crippen molar-refractivity contribution in [2.45, 2.75) is 0 Å². The number of aromatic nitrogens is 2. The molecule has 1 saturated heterocycles. The maximum Gasteiger partial charge on any atom is 0.246 e. The maximum absolute atomic E-state index is 12.4. The van der Waals surface area contributed by atoms with Crippen molar-refractivity contribution >= 4 is 29.0 Å². The minimum Gasteiger partial charge on any atom is -0.491 e. The smallest absolute Gasteiger partial charge is 0.246 e. The van der Waals surface area contributed by atoms with Crippen molar-refractivity contribution < 1.29 is 9.53 Å². The molecule has 1 aromatic heterocycles. The minimum atomic E-state index is 0.00855. The van der Waals surface area contributed by atoms with Crippen LogP contribution in [0.1, 0.15) is 0 Å². The number of hydrogen-bond donors (Lipinski definition) is 0. The van der Waals surface area contributed by atoms with Gasteiger partial charge in [0.2, 0.25) is 11.2 Å². The Balaban J connectivity index is 1.81. The number of carbonyl (C=O) groups is 1. The minimum absolute atomic E-state index is 0.00855. The van der Waals surface area contributed by atoms with Crippen LogP contribution in [-0.4, -0.2) is 42.6 Å². The van der Waals surface area contributed by atoms with Crippen molar-refractivity contribution in [3.05, 3.63) is 41.8 Å². The third-order valence-corrected chi connectivity index (χ3v) is 3.70. The number of carbonyl (C=O) groups excluding carboxylic acids is 1. The molecule has 22 heavy (non-hydrogen) atoms. The summed E-state index contributed by atoms with van der Waals surface area (Å²) in [5.41, 5.74) is 0.903. The first-order valence-corrected chi connectivity index (χ1v) is 7.23. The lowest BCUT2D eigenvalue weighted by Crippen LogP contribution is -2.51. The molecule has 1 amide bonds. The highest BCUT2D eigenvalue weighted by molar-refractivity contribution is 6.28. The molecule has 0 bridgehead atoms. The van der Waals surface area contributed by atoms with Gasteiger partial charge in [0.25, 0.3) is 0 Å². The summed E-state index contributed by atoms with van der Waals surface area (Å²) in [6.07, 6.45) is 1.51. The van der Waals surface area contributed by atoms with Crippen LogP contribution in [0.4, 0.5) is 11.5 Å². The number of piperazine rings is 1. The normalized spacial score (nSPS) is 15.1. The molecule has 0 spiro atoms. The van der Waals surface area contributed by atoms with Gasteiger partial charge in [-0.05, 0) is 23.7 Å². The van der Waals surface area contributed by atoms with Crippen LogP contribution in [0.15, 0.2) is 36.5 Å². The van der Waals surface area contributed by atoms with E-state index in [4.69, 9.17) is 16.3 Å². The molecule has 1 fully saturated rings. The van der Waals surface area contributed by atoms with E-state index in [-0.39, 0.29) is 17.7 Å². The van der Waals surface area contributed by atoms with Crippen molar-refractivity contribution in [1.29, 1.82) is 0 Å². The van der Waals surface area contributed by atoms with E-state index in [1.54, 1.807) is 4.90 Å².